The summed E-state index contributed by atoms with van der Waals surface area (Å²) < 4.78 is 5.59. The van der Waals surface area contributed by atoms with Crippen LogP contribution in [-0.4, -0.2) is 132 Å². The lowest BCUT2D eigenvalue weighted by atomic mass is 10.0. The Labute approximate surface area is 269 Å². The molecule has 2 aromatic rings. The standard InChI is InChI=1S/C33H46N4O9/c1-35(20-31(40)41)15-16-36(17-18-37(21-32(42)43)22-33(44)45)19-28(38)13-11-26-7-9-27(10-8-26)23-46-24-30(39)29(34)14-12-25-5-3-2-4-6-25/h2-10,29H,11-24,34H2,1H3,(H,40,41)(H,42,43)(H,44,45)/t29-/m1/s1. The highest BCUT2D eigenvalue weighted by atomic mass is 16.5. The molecule has 13 heteroatoms. The maximum Gasteiger partial charge on any atom is 0.317 e. The molecule has 46 heavy (non-hydrogen) atoms. The lowest BCUT2D eigenvalue weighted by Crippen LogP contribution is -2.44. The van der Waals surface area contributed by atoms with Gasteiger partial charge in [0.05, 0.1) is 38.8 Å². The predicted molar refractivity (Wildman–Crippen MR) is 170 cm³/mol. The summed E-state index contributed by atoms with van der Waals surface area (Å²) in [4.78, 5) is 63.2. The SMILES string of the molecule is CN(CCN(CCN(CC(=O)O)CC(=O)O)CC(=O)CCc1ccc(COCC(=O)[C@H](N)CCc2ccccc2)cc1)CC(=O)O. The van der Waals surface area contributed by atoms with Gasteiger partial charge in [0.2, 0.25) is 0 Å². The van der Waals surface area contributed by atoms with E-state index in [2.05, 4.69) is 0 Å². The molecule has 0 heterocycles. The molecule has 0 spiro atoms. The van der Waals surface area contributed by atoms with E-state index in [0.29, 0.717) is 25.9 Å². The monoisotopic (exact) mass is 642 g/mol. The first-order valence-corrected chi connectivity index (χ1v) is 15.2. The molecule has 252 valence electrons. The lowest BCUT2D eigenvalue weighted by molar-refractivity contribution is -0.142. The van der Waals surface area contributed by atoms with Crippen LogP contribution in [0.1, 0.15) is 29.5 Å². The second kappa shape index (κ2) is 20.9. The Morgan fingerprint density at radius 3 is 1.85 bits per heavy atom. The van der Waals surface area contributed by atoms with Crippen LogP contribution in [0.5, 0.6) is 0 Å². The Morgan fingerprint density at radius 1 is 0.696 bits per heavy atom. The number of benzene rings is 2. The Hall–Kier alpha value is -4.01. The van der Waals surface area contributed by atoms with Crippen LogP contribution in [0, 0.1) is 0 Å². The molecule has 0 bridgehead atoms. The average molecular weight is 643 g/mol. The number of hydrogen-bond donors (Lipinski definition) is 4. The number of carboxylic acids is 3. The summed E-state index contributed by atoms with van der Waals surface area (Å²) in [5.74, 6) is -3.50. The van der Waals surface area contributed by atoms with Crippen molar-refractivity contribution >= 4 is 29.5 Å². The van der Waals surface area contributed by atoms with E-state index >= 15 is 0 Å². The molecule has 5 N–H and O–H groups in total. The highest BCUT2D eigenvalue weighted by molar-refractivity contribution is 5.85. The van der Waals surface area contributed by atoms with Gasteiger partial charge in [0.1, 0.15) is 12.4 Å². The van der Waals surface area contributed by atoms with Crippen LogP contribution in [0.3, 0.4) is 0 Å². The van der Waals surface area contributed by atoms with Crippen LogP contribution in [0.2, 0.25) is 0 Å². The predicted octanol–water partition coefficient (Wildman–Crippen LogP) is 1.02. The summed E-state index contributed by atoms with van der Waals surface area (Å²) in [5, 5.41) is 27.2. The molecule has 0 aliphatic heterocycles. The largest absolute Gasteiger partial charge is 0.480 e. The third kappa shape index (κ3) is 16.9. The quantitative estimate of drug-likeness (QED) is 0.120. The van der Waals surface area contributed by atoms with Crippen LogP contribution in [0.4, 0.5) is 0 Å². The van der Waals surface area contributed by atoms with E-state index in [9.17, 15) is 24.0 Å². The van der Waals surface area contributed by atoms with Crippen molar-refractivity contribution in [1.82, 2.24) is 14.7 Å². The number of likely N-dealkylation sites (N-methyl/N-ethyl adjacent to an activating group) is 1. The fourth-order valence-corrected chi connectivity index (χ4v) is 4.69. The first kappa shape index (κ1) is 38.2. The van der Waals surface area contributed by atoms with Gasteiger partial charge in [0.25, 0.3) is 0 Å². The van der Waals surface area contributed by atoms with Crippen molar-refractivity contribution < 1.29 is 44.0 Å². The Balaban J connectivity index is 1.81. The molecule has 1 atom stereocenters. The van der Waals surface area contributed by atoms with E-state index in [1.165, 1.54) is 4.90 Å². The molecule has 0 aliphatic carbocycles. The molecule has 0 aromatic heterocycles. The topological polar surface area (TPSA) is 191 Å². The number of hydrogen-bond acceptors (Lipinski definition) is 10. The minimum Gasteiger partial charge on any atom is -0.480 e. The smallest absolute Gasteiger partial charge is 0.317 e. The van der Waals surface area contributed by atoms with Gasteiger partial charge in [-0.2, -0.15) is 0 Å². The first-order valence-electron chi connectivity index (χ1n) is 15.2. The maximum absolute atomic E-state index is 12.9. The Kier molecular flexibility index (Phi) is 17.4. The molecule has 0 radical (unpaired) electrons. The molecule has 0 fully saturated rings. The van der Waals surface area contributed by atoms with Gasteiger partial charge in [0, 0.05) is 32.6 Å². The number of ketones is 2. The van der Waals surface area contributed by atoms with Crippen molar-refractivity contribution in [3.63, 3.8) is 0 Å². The van der Waals surface area contributed by atoms with E-state index in [4.69, 9.17) is 25.8 Å². The van der Waals surface area contributed by atoms with Crippen molar-refractivity contribution in [1.29, 1.82) is 0 Å². The van der Waals surface area contributed by atoms with Crippen molar-refractivity contribution in [2.45, 2.75) is 38.3 Å². The molecule has 2 aromatic carbocycles. The molecule has 13 nitrogen and oxygen atoms in total. The molecular weight excluding hydrogens is 596 g/mol. The zero-order valence-corrected chi connectivity index (χ0v) is 26.4. The fraction of sp³-hybridized carbons (Fsp3) is 0.485. The number of rotatable bonds is 25. The molecule has 0 saturated heterocycles. The third-order valence-corrected chi connectivity index (χ3v) is 7.28. The molecule has 0 saturated carbocycles. The molecule has 2 rings (SSSR count). The number of ether oxygens (including phenoxy) is 1. The Bertz CT molecular complexity index is 1240. The Morgan fingerprint density at radius 2 is 1.24 bits per heavy atom. The summed E-state index contributed by atoms with van der Waals surface area (Å²) in [7, 11) is 1.64. The van der Waals surface area contributed by atoms with Gasteiger partial charge in [-0.1, -0.05) is 54.6 Å². The van der Waals surface area contributed by atoms with Gasteiger partial charge in [-0.15, -0.1) is 0 Å². The van der Waals surface area contributed by atoms with Gasteiger partial charge in [-0.25, -0.2) is 0 Å². The summed E-state index contributed by atoms with van der Waals surface area (Å²) >= 11 is 0. The molecule has 0 aliphatic rings. The van der Waals surface area contributed by atoms with Crippen molar-refractivity contribution in [3.8, 4) is 0 Å². The molecule has 0 unspecified atom stereocenters. The number of nitrogens with zero attached hydrogens (tertiary/aromatic N) is 3. The summed E-state index contributed by atoms with van der Waals surface area (Å²) in [6.07, 6.45) is 2.01. The number of aryl methyl sites for hydroxylation is 2. The minimum atomic E-state index is -1.16. The third-order valence-electron chi connectivity index (χ3n) is 7.28. The summed E-state index contributed by atoms with van der Waals surface area (Å²) in [6.45, 7) is 0.214. The molecule has 0 amide bonds. The lowest BCUT2D eigenvalue weighted by Gasteiger charge is -2.27. The number of nitrogens with two attached hydrogens (primary N) is 1. The average Bonchev–Trinajstić information content (AvgIpc) is 3.00. The van der Waals surface area contributed by atoms with Crippen LogP contribution in [0.15, 0.2) is 54.6 Å². The second-order valence-corrected chi connectivity index (χ2v) is 11.4. The van der Waals surface area contributed by atoms with Crippen LogP contribution in [-0.2, 0) is 48.2 Å². The number of carbonyl (C=O) groups excluding carboxylic acids is 2. The molecular formula is C33H46N4O9. The van der Waals surface area contributed by atoms with Gasteiger partial charge in [0.15, 0.2) is 5.78 Å². The van der Waals surface area contributed by atoms with Crippen molar-refractivity contribution in [2.24, 2.45) is 5.73 Å². The van der Waals surface area contributed by atoms with Gasteiger partial charge in [-0.05, 0) is 43.0 Å². The fourth-order valence-electron chi connectivity index (χ4n) is 4.69. The number of Topliss-reactive ketones (excluding diaryl/α,β-unsaturated/α-hetero) is 2. The van der Waals surface area contributed by atoms with Crippen molar-refractivity contribution in [3.05, 3.63) is 71.3 Å². The van der Waals surface area contributed by atoms with Gasteiger partial charge in [-0.3, -0.25) is 38.7 Å². The highest BCUT2D eigenvalue weighted by Gasteiger charge is 2.18. The highest BCUT2D eigenvalue weighted by Crippen LogP contribution is 2.10. The number of aliphatic carboxylic acids is 3. The van der Waals surface area contributed by atoms with E-state index < -0.39 is 37.0 Å². The van der Waals surface area contributed by atoms with Crippen LogP contribution in [0.25, 0.3) is 0 Å². The zero-order chi connectivity index (χ0) is 33.9. The minimum absolute atomic E-state index is 0.0570. The second-order valence-electron chi connectivity index (χ2n) is 11.4. The normalized spacial score (nSPS) is 12.0. The van der Waals surface area contributed by atoms with Crippen LogP contribution >= 0.6 is 0 Å². The first-order chi connectivity index (χ1) is 21.9. The summed E-state index contributed by atoms with van der Waals surface area (Å²) in [6, 6.07) is 16.8. The van der Waals surface area contributed by atoms with E-state index in [1.54, 1.807) is 16.8 Å². The number of carbonyl (C=O) groups is 5. The number of carboxylic acid groups (broad SMARTS) is 3. The van der Waals surface area contributed by atoms with Gasteiger partial charge >= 0.3 is 17.9 Å². The maximum atomic E-state index is 12.9. The van der Waals surface area contributed by atoms with Crippen molar-refractivity contribution in [2.75, 3.05) is 66.0 Å². The van der Waals surface area contributed by atoms with E-state index in [1.807, 2.05) is 54.6 Å². The zero-order valence-electron chi connectivity index (χ0n) is 26.4. The van der Waals surface area contributed by atoms with E-state index in [0.717, 1.165) is 23.1 Å². The van der Waals surface area contributed by atoms with Crippen LogP contribution < -0.4 is 5.73 Å². The van der Waals surface area contributed by atoms with E-state index in [-0.39, 0.29) is 57.4 Å². The summed E-state index contributed by atoms with van der Waals surface area (Å²) in [5.41, 5.74) is 8.99. The van der Waals surface area contributed by atoms with Gasteiger partial charge < -0.3 is 25.8 Å².